The second-order valence-corrected chi connectivity index (χ2v) is 4.46. The quantitative estimate of drug-likeness (QED) is 0.650. The first-order chi connectivity index (χ1) is 7.86. The van der Waals surface area contributed by atoms with Gasteiger partial charge in [0.05, 0.1) is 25.2 Å². The summed E-state index contributed by atoms with van der Waals surface area (Å²) >= 11 is 1.85. The number of hydrogen-bond donors (Lipinski definition) is 1. The van der Waals surface area contributed by atoms with E-state index in [9.17, 15) is 0 Å². The van der Waals surface area contributed by atoms with E-state index in [-0.39, 0.29) is 0 Å². The molecule has 0 fully saturated rings. The van der Waals surface area contributed by atoms with Gasteiger partial charge in [0.25, 0.3) is 0 Å². The van der Waals surface area contributed by atoms with Crippen molar-refractivity contribution >= 4 is 11.8 Å². The van der Waals surface area contributed by atoms with E-state index in [0.717, 1.165) is 31.7 Å². The molecule has 1 aromatic rings. The van der Waals surface area contributed by atoms with Crippen LogP contribution in [-0.2, 0) is 17.8 Å². The predicted octanol–water partition coefficient (Wildman–Crippen LogP) is 0.767. The van der Waals surface area contributed by atoms with Crippen molar-refractivity contribution in [2.75, 3.05) is 32.3 Å². The van der Waals surface area contributed by atoms with E-state index in [1.54, 1.807) is 4.68 Å². The van der Waals surface area contributed by atoms with Gasteiger partial charge >= 0.3 is 0 Å². The molecule has 1 N–H and O–H groups in total. The molecule has 0 saturated heterocycles. The molecule has 0 bridgehead atoms. The van der Waals surface area contributed by atoms with Gasteiger partial charge in [0.2, 0.25) is 0 Å². The molecule has 1 aromatic heterocycles. The Morgan fingerprint density at radius 3 is 3.12 bits per heavy atom. The standard InChI is InChI=1S/C10H20N4OS/c1-11-9-14-8-10(12-13-14)4-6-15-5-3-7-16-2/h8,11H,3-7,9H2,1-2H3. The Bertz CT molecular complexity index is 280. The lowest BCUT2D eigenvalue weighted by Crippen LogP contribution is -2.13. The SMILES string of the molecule is CNCn1cc(CCOCCCSC)nn1. The Morgan fingerprint density at radius 2 is 2.38 bits per heavy atom. The highest BCUT2D eigenvalue weighted by atomic mass is 32.2. The Kier molecular flexibility index (Phi) is 7.20. The highest BCUT2D eigenvalue weighted by Gasteiger charge is 1.99. The van der Waals surface area contributed by atoms with Crippen molar-refractivity contribution in [2.45, 2.75) is 19.5 Å². The zero-order valence-corrected chi connectivity index (χ0v) is 10.8. The van der Waals surface area contributed by atoms with Crippen LogP contribution in [0.2, 0.25) is 0 Å². The van der Waals surface area contributed by atoms with Crippen LogP contribution in [0.4, 0.5) is 0 Å². The summed E-state index contributed by atoms with van der Waals surface area (Å²) in [6.45, 7) is 2.26. The van der Waals surface area contributed by atoms with Crippen LogP contribution in [-0.4, -0.2) is 47.3 Å². The molecule has 0 aromatic carbocycles. The fourth-order valence-corrected chi connectivity index (χ4v) is 1.68. The molecule has 0 aliphatic heterocycles. The average molecular weight is 244 g/mol. The van der Waals surface area contributed by atoms with Crippen molar-refractivity contribution in [1.29, 1.82) is 0 Å². The van der Waals surface area contributed by atoms with Crippen molar-refractivity contribution in [1.82, 2.24) is 20.3 Å². The summed E-state index contributed by atoms with van der Waals surface area (Å²) in [5.41, 5.74) is 0.986. The molecule has 1 rings (SSSR count). The van der Waals surface area contributed by atoms with Crippen molar-refractivity contribution in [3.63, 3.8) is 0 Å². The third-order valence-electron chi connectivity index (χ3n) is 2.05. The minimum absolute atomic E-state index is 0.696. The summed E-state index contributed by atoms with van der Waals surface area (Å²) in [7, 11) is 1.89. The normalized spacial score (nSPS) is 10.9. The predicted molar refractivity (Wildman–Crippen MR) is 66.6 cm³/mol. The summed E-state index contributed by atoms with van der Waals surface area (Å²) in [5, 5.41) is 11.1. The maximum absolute atomic E-state index is 5.50. The first-order valence-corrected chi connectivity index (χ1v) is 6.86. The third kappa shape index (κ3) is 5.48. The summed E-state index contributed by atoms with van der Waals surface area (Å²) in [6, 6.07) is 0. The van der Waals surface area contributed by atoms with Crippen LogP contribution in [0, 0.1) is 0 Å². The van der Waals surface area contributed by atoms with E-state index >= 15 is 0 Å². The van der Waals surface area contributed by atoms with E-state index < -0.39 is 0 Å². The highest BCUT2D eigenvalue weighted by molar-refractivity contribution is 7.98. The van der Waals surface area contributed by atoms with Gasteiger partial charge in [0, 0.05) is 13.0 Å². The molecule has 0 radical (unpaired) electrons. The third-order valence-corrected chi connectivity index (χ3v) is 2.74. The monoisotopic (exact) mass is 244 g/mol. The number of ether oxygens (including phenoxy) is 1. The fourth-order valence-electron chi connectivity index (χ4n) is 1.28. The lowest BCUT2D eigenvalue weighted by molar-refractivity contribution is 0.138. The summed E-state index contributed by atoms with van der Waals surface area (Å²) in [4.78, 5) is 0. The Hall–Kier alpha value is -0.590. The first kappa shape index (κ1) is 13.5. The van der Waals surface area contributed by atoms with Crippen LogP contribution in [0.3, 0.4) is 0 Å². The highest BCUT2D eigenvalue weighted by Crippen LogP contribution is 1.97. The Morgan fingerprint density at radius 1 is 1.50 bits per heavy atom. The van der Waals surface area contributed by atoms with Crippen molar-refractivity contribution in [2.24, 2.45) is 0 Å². The average Bonchev–Trinajstić information content (AvgIpc) is 2.72. The van der Waals surface area contributed by atoms with Crippen LogP contribution >= 0.6 is 11.8 Å². The second kappa shape index (κ2) is 8.55. The van der Waals surface area contributed by atoms with Crippen LogP contribution in [0.5, 0.6) is 0 Å². The zero-order valence-electron chi connectivity index (χ0n) is 9.98. The number of nitrogens with zero attached hydrogens (tertiary/aromatic N) is 3. The number of nitrogens with one attached hydrogen (secondary N) is 1. The van der Waals surface area contributed by atoms with Crippen molar-refractivity contribution < 1.29 is 4.74 Å². The van der Waals surface area contributed by atoms with Crippen LogP contribution in [0.1, 0.15) is 12.1 Å². The molecule has 0 atom stereocenters. The van der Waals surface area contributed by atoms with Gasteiger partial charge < -0.3 is 10.1 Å². The van der Waals surface area contributed by atoms with E-state index in [4.69, 9.17) is 4.74 Å². The van der Waals surface area contributed by atoms with Gasteiger partial charge in [-0.1, -0.05) is 5.21 Å². The zero-order chi connectivity index (χ0) is 11.6. The minimum atomic E-state index is 0.696. The molecule has 5 nitrogen and oxygen atoms in total. The molecule has 0 unspecified atom stereocenters. The fraction of sp³-hybridized carbons (Fsp3) is 0.800. The smallest absolute Gasteiger partial charge is 0.0919 e. The maximum Gasteiger partial charge on any atom is 0.0919 e. The number of rotatable bonds is 9. The Balaban J connectivity index is 2.07. The summed E-state index contributed by atoms with van der Waals surface area (Å²) < 4.78 is 7.28. The molecular formula is C10H20N4OS. The summed E-state index contributed by atoms with van der Waals surface area (Å²) in [5.74, 6) is 1.17. The molecular weight excluding hydrogens is 224 g/mol. The molecule has 6 heteroatoms. The number of hydrogen-bond acceptors (Lipinski definition) is 5. The van der Waals surface area contributed by atoms with E-state index in [2.05, 4.69) is 21.9 Å². The molecule has 0 amide bonds. The van der Waals surface area contributed by atoms with Gasteiger partial charge in [-0.15, -0.1) is 5.10 Å². The van der Waals surface area contributed by atoms with Crippen molar-refractivity contribution in [3.8, 4) is 0 Å². The van der Waals surface area contributed by atoms with E-state index in [1.165, 1.54) is 5.75 Å². The first-order valence-electron chi connectivity index (χ1n) is 5.47. The van der Waals surface area contributed by atoms with E-state index in [1.807, 2.05) is 25.0 Å². The van der Waals surface area contributed by atoms with Gasteiger partial charge in [0.1, 0.15) is 0 Å². The summed E-state index contributed by atoms with van der Waals surface area (Å²) in [6.07, 6.45) is 6.01. The van der Waals surface area contributed by atoms with Crippen molar-refractivity contribution in [3.05, 3.63) is 11.9 Å². The molecule has 16 heavy (non-hydrogen) atoms. The number of thioether (sulfide) groups is 1. The lowest BCUT2D eigenvalue weighted by atomic mass is 10.3. The number of aromatic nitrogens is 3. The molecule has 0 spiro atoms. The molecule has 0 saturated carbocycles. The largest absolute Gasteiger partial charge is 0.381 e. The van der Waals surface area contributed by atoms with E-state index in [0.29, 0.717) is 6.67 Å². The van der Waals surface area contributed by atoms with Crippen LogP contribution < -0.4 is 5.32 Å². The van der Waals surface area contributed by atoms with Gasteiger partial charge in [-0.2, -0.15) is 11.8 Å². The lowest BCUT2D eigenvalue weighted by Gasteiger charge is -2.01. The minimum Gasteiger partial charge on any atom is -0.381 e. The second-order valence-electron chi connectivity index (χ2n) is 3.47. The van der Waals surface area contributed by atoms with Gasteiger partial charge in [-0.05, 0) is 25.5 Å². The van der Waals surface area contributed by atoms with Gasteiger partial charge in [-0.3, -0.25) is 0 Å². The topological polar surface area (TPSA) is 52.0 Å². The molecule has 0 aliphatic rings. The molecule has 0 aliphatic carbocycles. The maximum atomic E-state index is 5.50. The van der Waals surface area contributed by atoms with Crippen LogP contribution in [0.15, 0.2) is 6.20 Å². The van der Waals surface area contributed by atoms with Gasteiger partial charge in [0.15, 0.2) is 0 Å². The molecule has 92 valence electrons. The van der Waals surface area contributed by atoms with Crippen LogP contribution in [0.25, 0.3) is 0 Å². The Labute approximate surface area is 101 Å². The van der Waals surface area contributed by atoms with Gasteiger partial charge in [-0.25, -0.2) is 4.68 Å². The molecule has 1 heterocycles.